The molecule has 0 unspecified atom stereocenters. The summed E-state index contributed by atoms with van der Waals surface area (Å²) in [5.41, 5.74) is -0.512. The zero-order chi connectivity index (χ0) is 21.2. The fourth-order valence-corrected chi connectivity index (χ4v) is 4.18. The third-order valence-electron chi connectivity index (χ3n) is 4.63. The van der Waals surface area contributed by atoms with Gasteiger partial charge in [-0.1, -0.05) is 31.2 Å². The highest BCUT2D eigenvalue weighted by Gasteiger charge is 2.19. The Kier molecular flexibility index (Phi) is 5.69. The Morgan fingerprint density at radius 2 is 1.62 bits per heavy atom. The van der Waals surface area contributed by atoms with Crippen molar-refractivity contribution in [2.45, 2.75) is 31.8 Å². The lowest BCUT2D eigenvalue weighted by atomic mass is 10.2. The van der Waals surface area contributed by atoms with Crippen molar-refractivity contribution in [1.29, 1.82) is 0 Å². The third kappa shape index (κ3) is 3.86. The molecular formula is C20H21N3O5S. The second kappa shape index (κ2) is 8.04. The number of hydrogen-bond acceptors (Lipinski definition) is 5. The molecule has 1 N–H and O–H groups in total. The van der Waals surface area contributed by atoms with Crippen LogP contribution in [-0.2, 0) is 27.7 Å². The summed E-state index contributed by atoms with van der Waals surface area (Å²) < 4.78 is 26.8. The highest BCUT2D eigenvalue weighted by molar-refractivity contribution is 7.91. The van der Waals surface area contributed by atoms with Gasteiger partial charge in [0.25, 0.3) is 5.56 Å². The number of hydrogen-bond donors (Lipinski definition) is 1. The van der Waals surface area contributed by atoms with Crippen molar-refractivity contribution < 1.29 is 13.2 Å². The van der Waals surface area contributed by atoms with Crippen molar-refractivity contribution in [2.24, 2.45) is 0 Å². The van der Waals surface area contributed by atoms with Crippen molar-refractivity contribution in [2.75, 3.05) is 11.1 Å². The Balaban J connectivity index is 2.03. The van der Waals surface area contributed by atoms with Crippen molar-refractivity contribution in [3.63, 3.8) is 0 Å². The molecule has 0 radical (unpaired) electrons. The zero-order valence-electron chi connectivity index (χ0n) is 16.1. The predicted molar refractivity (Wildman–Crippen MR) is 111 cm³/mol. The molecule has 152 valence electrons. The van der Waals surface area contributed by atoms with E-state index in [1.165, 1.54) is 23.6 Å². The smallest absolute Gasteiger partial charge is 0.323 e. The van der Waals surface area contributed by atoms with Crippen molar-refractivity contribution in [3.8, 4) is 0 Å². The number of fused-ring (bicyclic) bond motifs is 1. The Morgan fingerprint density at radius 3 is 2.31 bits per heavy atom. The molecule has 2 aromatic carbocycles. The van der Waals surface area contributed by atoms with Gasteiger partial charge in [0.05, 0.1) is 27.2 Å². The molecule has 1 amide bonds. The van der Waals surface area contributed by atoms with Crippen LogP contribution in [0.25, 0.3) is 10.9 Å². The van der Waals surface area contributed by atoms with E-state index in [0.29, 0.717) is 10.9 Å². The maximum atomic E-state index is 12.7. The van der Waals surface area contributed by atoms with E-state index in [4.69, 9.17) is 0 Å². The molecule has 0 saturated heterocycles. The molecule has 1 heterocycles. The van der Waals surface area contributed by atoms with Crippen LogP contribution in [0.15, 0.2) is 63.0 Å². The first-order chi connectivity index (χ1) is 13.8. The van der Waals surface area contributed by atoms with Crippen LogP contribution >= 0.6 is 0 Å². The molecule has 0 spiro atoms. The van der Waals surface area contributed by atoms with Crippen molar-refractivity contribution >= 4 is 32.3 Å². The van der Waals surface area contributed by atoms with E-state index in [1.807, 2.05) is 0 Å². The van der Waals surface area contributed by atoms with Gasteiger partial charge in [-0.3, -0.25) is 18.7 Å². The number of rotatable bonds is 6. The van der Waals surface area contributed by atoms with Crippen LogP contribution in [0.3, 0.4) is 0 Å². The van der Waals surface area contributed by atoms with E-state index in [0.717, 1.165) is 4.57 Å². The maximum Gasteiger partial charge on any atom is 0.331 e. The van der Waals surface area contributed by atoms with E-state index in [-0.39, 0.29) is 29.4 Å². The molecule has 0 bridgehead atoms. The van der Waals surface area contributed by atoms with E-state index < -0.39 is 27.0 Å². The van der Waals surface area contributed by atoms with Gasteiger partial charge in [0, 0.05) is 6.54 Å². The summed E-state index contributed by atoms with van der Waals surface area (Å²) >= 11 is 0. The summed E-state index contributed by atoms with van der Waals surface area (Å²) in [6, 6.07) is 12.7. The molecule has 9 heteroatoms. The molecule has 29 heavy (non-hydrogen) atoms. The number of carbonyl (C=O) groups excluding carboxylic acids is 1. The molecule has 0 aliphatic rings. The predicted octanol–water partition coefficient (Wildman–Crippen LogP) is 1.62. The Bertz CT molecular complexity index is 1310. The average molecular weight is 415 g/mol. The highest BCUT2D eigenvalue weighted by atomic mass is 32.2. The number of carbonyl (C=O) groups is 1. The lowest BCUT2D eigenvalue weighted by molar-refractivity contribution is -0.116. The number of amides is 1. The Hall–Kier alpha value is -3.20. The largest absolute Gasteiger partial charge is 0.331 e. The van der Waals surface area contributed by atoms with Crippen LogP contribution in [0.5, 0.6) is 0 Å². The number of anilines is 1. The second-order valence-corrected chi connectivity index (χ2v) is 8.63. The van der Waals surface area contributed by atoms with Crippen LogP contribution in [-0.4, -0.2) is 29.2 Å². The number of sulfone groups is 1. The highest BCUT2D eigenvalue weighted by Crippen LogP contribution is 2.22. The lowest BCUT2D eigenvalue weighted by Gasteiger charge is -2.14. The number of benzene rings is 2. The fourth-order valence-electron chi connectivity index (χ4n) is 3.13. The van der Waals surface area contributed by atoms with E-state index in [2.05, 4.69) is 5.32 Å². The number of aromatic nitrogens is 2. The van der Waals surface area contributed by atoms with Crippen LogP contribution in [0.1, 0.15) is 13.8 Å². The molecule has 8 nitrogen and oxygen atoms in total. The minimum absolute atomic E-state index is 0.0200. The zero-order valence-corrected chi connectivity index (χ0v) is 16.9. The van der Waals surface area contributed by atoms with Gasteiger partial charge in [0.15, 0.2) is 9.84 Å². The van der Waals surface area contributed by atoms with Gasteiger partial charge in [-0.05, 0) is 31.2 Å². The lowest BCUT2D eigenvalue weighted by Crippen LogP contribution is -2.41. The summed E-state index contributed by atoms with van der Waals surface area (Å²) in [4.78, 5) is 37.9. The van der Waals surface area contributed by atoms with Crippen molar-refractivity contribution in [1.82, 2.24) is 9.13 Å². The minimum Gasteiger partial charge on any atom is -0.323 e. The maximum absolute atomic E-state index is 12.7. The second-order valence-electron chi connectivity index (χ2n) is 6.38. The molecule has 1 aromatic heterocycles. The molecule has 0 saturated carbocycles. The molecule has 3 rings (SSSR count). The van der Waals surface area contributed by atoms with E-state index in [1.54, 1.807) is 43.3 Å². The summed E-state index contributed by atoms with van der Waals surface area (Å²) in [6.07, 6.45) is 0. The fraction of sp³-hybridized carbons (Fsp3) is 0.250. The number of nitrogens with one attached hydrogen (secondary N) is 1. The molecule has 0 atom stereocenters. The molecule has 0 aliphatic carbocycles. The Labute approximate surface area is 167 Å². The monoisotopic (exact) mass is 415 g/mol. The molecule has 0 aliphatic heterocycles. The van der Waals surface area contributed by atoms with Gasteiger partial charge in [0.1, 0.15) is 6.54 Å². The van der Waals surface area contributed by atoms with Crippen LogP contribution in [0.4, 0.5) is 5.69 Å². The van der Waals surface area contributed by atoms with E-state index in [9.17, 15) is 22.8 Å². The first kappa shape index (κ1) is 20.5. The van der Waals surface area contributed by atoms with Crippen LogP contribution in [0, 0.1) is 0 Å². The van der Waals surface area contributed by atoms with E-state index >= 15 is 0 Å². The normalized spacial score (nSPS) is 11.5. The van der Waals surface area contributed by atoms with Gasteiger partial charge in [0.2, 0.25) is 5.91 Å². The topological polar surface area (TPSA) is 107 Å². The third-order valence-corrected chi connectivity index (χ3v) is 6.41. The van der Waals surface area contributed by atoms with Gasteiger partial charge < -0.3 is 5.32 Å². The number of nitrogens with zero attached hydrogens (tertiary/aromatic N) is 2. The summed E-state index contributed by atoms with van der Waals surface area (Å²) in [6.45, 7) is 3.00. The average Bonchev–Trinajstić information content (AvgIpc) is 2.72. The summed E-state index contributed by atoms with van der Waals surface area (Å²) in [5.74, 6) is -0.678. The quantitative estimate of drug-likeness (QED) is 0.658. The minimum atomic E-state index is -3.54. The first-order valence-corrected chi connectivity index (χ1v) is 10.8. The molecule has 0 fully saturated rings. The van der Waals surface area contributed by atoms with Gasteiger partial charge in [-0.25, -0.2) is 13.2 Å². The molecule has 3 aromatic rings. The van der Waals surface area contributed by atoms with Crippen LogP contribution < -0.4 is 16.6 Å². The first-order valence-electron chi connectivity index (χ1n) is 9.14. The van der Waals surface area contributed by atoms with Crippen LogP contribution in [0.2, 0.25) is 0 Å². The summed E-state index contributed by atoms with van der Waals surface area (Å²) in [7, 11) is -3.54. The standard InChI is InChI=1S/C20H21N3O5S/c1-3-22-19(25)14-9-5-7-11-16(14)23(20(22)26)13-18(24)21-15-10-6-8-12-17(15)29(27,28)4-2/h5-12H,3-4,13H2,1-2H3,(H,21,24). The summed E-state index contributed by atoms with van der Waals surface area (Å²) in [5, 5.41) is 2.91. The Morgan fingerprint density at radius 1 is 0.966 bits per heavy atom. The van der Waals surface area contributed by atoms with Gasteiger partial charge in [-0.15, -0.1) is 0 Å². The molecular weight excluding hydrogens is 394 g/mol. The SMILES string of the molecule is CCn1c(=O)c2ccccc2n(CC(=O)Nc2ccccc2S(=O)(=O)CC)c1=O. The van der Waals surface area contributed by atoms with Crippen molar-refractivity contribution in [3.05, 3.63) is 69.4 Å². The number of para-hydroxylation sites is 2. The van der Waals surface area contributed by atoms with Gasteiger partial charge in [-0.2, -0.15) is 0 Å². The van der Waals surface area contributed by atoms with Gasteiger partial charge >= 0.3 is 5.69 Å².